The van der Waals surface area contributed by atoms with E-state index in [0.29, 0.717) is 17.7 Å². The summed E-state index contributed by atoms with van der Waals surface area (Å²) in [5, 5.41) is 9.61. The molecule has 0 radical (unpaired) electrons. The maximum Gasteiger partial charge on any atom is 0.260 e. The van der Waals surface area contributed by atoms with Crippen molar-refractivity contribution in [2.45, 2.75) is 13.5 Å². The van der Waals surface area contributed by atoms with E-state index in [1.807, 2.05) is 0 Å². The summed E-state index contributed by atoms with van der Waals surface area (Å²) >= 11 is 0. The standard InChI is InChI=1S/C16H14F3NO2/c1-2-20(9-10-4-3-5-11(17)6-10)16(22)15-13(19)7-12(18)8-14(15)21/h3-8,21H,2,9H2,1H3. The summed E-state index contributed by atoms with van der Waals surface area (Å²) in [5.41, 5.74) is -0.0723. The first-order chi connectivity index (χ1) is 10.4. The Balaban J connectivity index is 2.30. The van der Waals surface area contributed by atoms with Gasteiger partial charge in [-0.2, -0.15) is 0 Å². The van der Waals surface area contributed by atoms with Gasteiger partial charge in [-0.1, -0.05) is 12.1 Å². The van der Waals surface area contributed by atoms with Gasteiger partial charge in [-0.3, -0.25) is 4.79 Å². The topological polar surface area (TPSA) is 40.5 Å². The van der Waals surface area contributed by atoms with E-state index in [2.05, 4.69) is 0 Å². The molecule has 0 unspecified atom stereocenters. The number of phenolic OH excluding ortho intramolecular Hbond substituents is 1. The van der Waals surface area contributed by atoms with Crippen molar-refractivity contribution in [1.82, 2.24) is 4.90 Å². The van der Waals surface area contributed by atoms with Gasteiger partial charge in [0.25, 0.3) is 5.91 Å². The summed E-state index contributed by atoms with van der Waals surface area (Å²) in [4.78, 5) is 13.6. The average molecular weight is 309 g/mol. The van der Waals surface area contributed by atoms with Crippen molar-refractivity contribution in [3.8, 4) is 5.75 Å². The largest absolute Gasteiger partial charge is 0.507 e. The van der Waals surface area contributed by atoms with Crippen LogP contribution in [0.3, 0.4) is 0 Å². The maximum absolute atomic E-state index is 13.8. The number of halogens is 3. The third kappa shape index (κ3) is 3.39. The summed E-state index contributed by atoms with van der Waals surface area (Å²) in [6.45, 7) is 1.92. The van der Waals surface area contributed by atoms with E-state index in [1.165, 1.54) is 23.1 Å². The quantitative estimate of drug-likeness (QED) is 0.939. The lowest BCUT2D eigenvalue weighted by molar-refractivity contribution is 0.0744. The molecule has 0 heterocycles. The smallest absolute Gasteiger partial charge is 0.260 e. The lowest BCUT2D eigenvalue weighted by Gasteiger charge is -2.22. The van der Waals surface area contributed by atoms with Crippen LogP contribution in [0.15, 0.2) is 36.4 Å². The predicted molar refractivity (Wildman–Crippen MR) is 74.8 cm³/mol. The Hall–Kier alpha value is -2.50. The van der Waals surface area contributed by atoms with E-state index >= 15 is 0 Å². The van der Waals surface area contributed by atoms with Crippen molar-refractivity contribution in [2.24, 2.45) is 0 Å². The number of hydrogen-bond donors (Lipinski definition) is 1. The Morgan fingerprint density at radius 1 is 1.14 bits per heavy atom. The maximum atomic E-state index is 13.8. The van der Waals surface area contributed by atoms with Crippen molar-refractivity contribution in [3.63, 3.8) is 0 Å². The molecule has 0 saturated heterocycles. The lowest BCUT2D eigenvalue weighted by atomic mass is 10.1. The Bertz CT molecular complexity index is 681. The number of benzene rings is 2. The van der Waals surface area contributed by atoms with Crippen LogP contribution in [0.1, 0.15) is 22.8 Å². The summed E-state index contributed by atoms with van der Waals surface area (Å²) in [6, 6.07) is 6.86. The highest BCUT2D eigenvalue weighted by molar-refractivity contribution is 5.97. The molecule has 2 rings (SSSR count). The molecule has 0 aliphatic heterocycles. The molecule has 2 aromatic carbocycles. The van der Waals surface area contributed by atoms with E-state index in [9.17, 15) is 23.1 Å². The highest BCUT2D eigenvalue weighted by Gasteiger charge is 2.23. The zero-order valence-electron chi connectivity index (χ0n) is 11.8. The van der Waals surface area contributed by atoms with E-state index in [-0.39, 0.29) is 13.1 Å². The molecule has 0 aliphatic rings. The van der Waals surface area contributed by atoms with E-state index in [4.69, 9.17) is 0 Å². The summed E-state index contributed by atoms with van der Waals surface area (Å²) in [7, 11) is 0. The zero-order chi connectivity index (χ0) is 16.3. The molecule has 0 atom stereocenters. The number of aromatic hydroxyl groups is 1. The van der Waals surface area contributed by atoms with E-state index < -0.39 is 34.7 Å². The van der Waals surface area contributed by atoms with Crippen LogP contribution in [0.4, 0.5) is 13.2 Å². The molecule has 2 aromatic rings. The first kappa shape index (κ1) is 15.9. The molecule has 116 valence electrons. The number of rotatable bonds is 4. The van der Waals surface area contributed by atoms with Crippen LogP contribution >= 0.6 is 0 Å². The monoisotopic (exact) mass is 309 g/mol. The van der Waals surface area contributed by atoms with Crippen LogP contribution in [-0.2, 0) is 6.54 Å². The SMILES string of the molecule is CCN(Cc1cccc(F)c1)C(=O)c1c(O)cc(F)cc1F. The van der Waals surface area contributed by atoms with Gasteiger partial charge in [-0.15, -0.1) is 0 Å². The summed E-state index contributed by atoms with van der Waals surface area (Å²) in [5.74, 6) is -4.11. The van der Waals surface area contributed by atoms with Crippen LogP contribution in [-0.4, -0.2) is 22.5 Å². The molecule has 1 N–H and O–H groups in total. The fourth-order valence-corrected chi connectivity index (χ4v) is 2.11. The second-order valence-electron chi connectivity index (χ2n) is 4.73. The van der Waals surface area contributed by atoms with Gasteiger partial charge in [0.05, 0.1) is 0 Å². The molecule has 6 heteroatoms. The molecular weight excluding hydrogens is 295 g/mol. The van der Waals surface area contributed by atoms with Gasteiger partial charge in [0.15, 0.2) is 0 Å². The number of phenols is 1. The van der Waals surface area contributed by atoms with Crippen LogP contribution in [0.25, 0.3) is 0 Å². The van der Waals surface area contributed by atoms with Crippen molar-refractivity contribution in [3.05, 3.63) is 65.0 Å². The molecule has 3 nitrogen and oxygen atoms in total. The van der Waals surface area contributed by atoms with E-state index in [1.54, 1.807) is 13.0 Å². The van der Waals surface area contributed by atoms with Crippen molar-refractivity contribution in [1.29, 1.82) is 0 Å². The highest BCUT2D eigenvalue weighted by atomic mass is 19.1. The summed E-state index contributed by atoms with van der Waals surface area (Å²) < 4.78 is 39.9. The van der Waals surface area contributed by atoms with Crippen LogP contribution in [0, 0.1) is 17.5 Å². The van der Waals surface area contributed by atoms with Gasteiger partial charge in [0.1, 0.15) is 28.8 Å². The first-order valence-electron chi connectivity index (χ1n) is 6.64. The third-order valence-electron chi connectivity index (χ3n) is 3.18. The minimum Gasteiger partial charge on any atom is -0.507 e. The Kier molecular flexibility index (Phi) is 4.70. The Labute approximate surface area is 125 Å². The van der Waals surface area contributed by atoms with Crippen molar-refractivity contribution < 1.29 is 23.1 Å². The molecular formula is C16H14F3NO2. The molecule has 0 bridgehead atoms. The van der Waals surface area contributed by atoms with E-state index in [0.717, 1.165) is 0 Å². The van der Waals surface area contributed by atoms with Crippen molar-refractivity contribution >= 4 is 5.91 Å². The molecule has 0 saturated carbocycles. The average Bonchev–Trinajstić information content (AvgIpc) is 2.43. The minimum atomic E-state index is -1.14. The molecule has 0 aromatic heterocycles. The molecule has 22 heavy (non-hydrogen) atoms. The number of amides is 1. The second kappa shape index (κ2) is 6.51. The van der Waals surface area contributed by atoms with Gasteiger partial charge in [-0.05, 0) is 24.6 Å². The number of carbonyl (C=O) groups is 1. The normalized spacial score (nSPS) is 10.5. The van der Waals surface area contributed by atoms with Gasteiger partial charge >= 0.3 is 0 Å². The van der Waals surface area contributed by atoms with Gasteiger partial charge in [-0.25, -0.2) is 13.2 Å². The number of carbonyl (C=O) groups excluding carboxylic acids is 1. The Morgan fingerprint density at radius 2 is 1.86 bits per heavy atom. The second-order valence-corrected chi connectivity index (χ2v) is 4.73. The number of nitrogens with zero attached hydrogens (tertiary/aromatic N) is 1. The summed E-state index contributed by atoms with van der Waals surface area (Å²) in [6.07, 6.45) is 0. The van der Waals surface area contributed by atoms with Gasteiger partial charge in [0.2, 0.25) is 0 Å². The lowest BCUT2D eigenvalue weighted by Crippen LogP contribution is -2.31. The molecule has 0 aliphatic carbocycles. The molecule has 0 spiro atoms. The van der Waals surface area contributed by atoms with Crippen LogP contribution in [0.5, 0.6) is 5.75 Å². The molecule has 1 amide bonds. The fourth-order valence-electron chi connectivity index (χ4n) is 2.11. The highest BCUT2D eigenvalue weighted by Crippen LogP contribution is 2.24. The zero-order valence-corrected chi connectivity index (χ0v) is 11.8. The minimum absolute atomic E-state index is 0.0450. The van der Waals surface area contributed by atoms with Gasteiger partial charge in [0, 0.05) is 25.2 Å². The number of hydrogen-bond acceptors (Lipinski definition) is 2. The van der Waals surface area contributed by atoms with Gasteiger partial charge < -0.3 is 10.0 Å². The predicted octanol–water partition coefficient (Wildman–Crippen LogP) is 3.47. The molecule has 0 fully saturated rings. The van der Waals surface area contributed by atoms with Crippen LogP contribution in [0.2, 0.25) is 0 Å². The van der Waals surface area contributed by atoms with Crippen molar-refractivity contribution in [2.75, 3.05) is 6.54 Å². The third-order valence-corrected chi connectivity index (χ3v) is 3.18. The van der Waals surface area contributed by atoms with Crippen LogP contribution < -0.4 is 0 Å². The fraction of sp³-hybridized carbons (Fsp3) is 0.188. The first-order valence-corrected chi connectivity index (χ1v) is 6.64. The Morgan fingerprint density at radius 3 is 2.45 bits per heavy atom.